The third-order valence-corrected chi connectivity index (χ3v) is 3.94. The van der Waals surface area contributed by atoms with Crippen molar-refractivity contribution in [3.8, 4) is 22.9 Å². The maximum absolute atomic E-state index is 11.9. The number of carbonyl (C=O) groups excluding carboxylic acids is 1. The lowest BCUT2D eigenvalue weighted by Crippen LogP contribution is -2.01. The van der Waals surface area contributed by atoms with Gasteiger partial charge in [0.1, 0.15) is 0 Å². The first-order valence-electron chi connectivity index (χ1n) is 8.55. The van der Waals surface area contributed by atoms with Crippen LogP contribution < -0.4 is 9.47 Å². The number of benzene rings is 2. The summed E-state index contributed by atoms with van der Waals surface area (Å²) < 4.78 is 20.7. The zero-order valence-electron chi connectivity index (χ0n) is 15.8. The van der Waals surface area contributed by atoms with Gasteiger partial charge in [-0.05, 0) is 30.7 Å². The molecule has 1 aromatic heterocycles. The number of nitrogens with zero attached hydrogens (tertiary/aromatic N) is 2. The molecule has 0 bridgehead atoms. The fraction of sp³-hybridized carbons (Fsp3) is 0.190. The van der Waals surface area contributed by atoms with Crippen LogP contribution in [0.1, 0.15) is 17.0 Å². The van der Waals surface area contributed by atoms with Gasteiger partial charge in [-0.25, -0.2) is 4.79 Å². The van der Waals surface area contributed by atoms with Gasteiger partial charge < -0.3 is 18.7 Å². The second-order valence-corrected chi connectivity index (χ2v) is 5.93. The molecule has 144 valence electrons. The van der Waals surface area contributed by atoms with E-state index in [9.17, 15) is 4.79 Å². The molecule has 28 heavy (non-hydrogen) atoms. The number of hydrogen-bond donors (Lipinski definition) is 0. The molecule has 2 aromatic carbocycles. The predicted molar refractivity (Wildman–Crippen MR) is 103 cm³/mol. The average Bonchev–Trinajstić information content (AvgIpc) is 3.20. The van der Waals surface area contributed by atoms with Crippen molar-refractivity contribution in [2.45, 2.75) is 13.5 Å². The zero-order chi connectivity index (χ0) is 19.9. The number of aromatic nitrogens is 2. The molecule has 0 saturated heterocycles. The van der Waals surface area contributed by atoms with Gasteiger partial charge in [-0.1, -0.05) is 41.1 Å². The fourth-order valence-corrected chi connectivity index (χ4v) is 2.44. The minimum atomic E-state index is -0.523. The van der Waals surface area contributed by atoms with Crippen LogP contribution in [0, 0.1) is 6.92 Å². The van der Waals surface area contributed by atoms with Crippen LogP contribution in [0.3, 0.4) is 0 Å². The molecule has 1 heterocycles. The summed E-state index contributed by atoms with van der Waals surface area (Å²) in [5.74, 6) is 1.34. The van der Waals surface area contributed by atoms with Crippen molar-refractivity contribution in [2.24, 2.45) is 0 Å². The first kappa shape index (κ1) is 19.2. The van der Waals surface area contributed by atoms with E-state index in [4.69, 9.17) is 18.7 Å². The maximum Gasteiger partial charge on any atom is 0.331 e. The van der Waals surface area contributed by atoms with Crippen molar-refractivity contribution in [1.82, 2.24) is 10.1 Å². The number of ether oxygens (including phenoxy) is 3. The summed E-state index contributed by atoms with van der Waals surface area (Å²) in [7, 11) is 3.11. The SMILES string of the molecule is COc1ccc(/C=C/C(=O)OCc2nc(-c3ccc(C)cc3)no2)cc1OC. The van der Waals surface area contributed by atoms with Crippen molar-refractivity contribution < 1.29 is 23.5 Å². The van der Waals surface area contributed by atoms with Crippen LogP contribution in [0.4, 0.5) is 0 Å². The molecule has 0 radical (unpaired) electrons. The summed E-state index contributed by atoms with van der Waals surface area (Å²) in [4.78, 5) is 16.2. The standard InChI is InChI=1S/C21H20N2O5/c1-14-4-8-16(9-5-14)21-22-19(28-23-21)13-27-20(24)11-7-15-6-10-17(25-2)18(12-15)26-3/h4-12H,13H2,1-3H3/b11-7+. The lowest BCUT2D eigenvalue weighted by atomic mass is 10.1. The minimum Gasteiger partial charge on any atom is -0.493 e. The number of hydrogen-bond acceptors (Lipinski definition) is 7. The normalized spacial score (nSPS) is 10.8. The Hall–Kier alpha value is -3.61. The number of rotatable bonds is 7. The fourth-order valence-electron chi connectivity index (χ4n) is 2.44. The van der Waals surface area contributed by atoms with E-state index >= 15 is 0 Å². The van der Waals surface area contributed by atoms with Crippen LogP contribution in [0.2, 0.25) is 0 Å². The Morgan fingerprint density at radius 1 is 1.07 bits per heavy atom. The van der Waals surface area contributed by atoms with E-state index in [1.807, 2.05) is 31.2 Å². The van der Waals surface area contributed by atoms with Gasteiger partial charge in [0.15, 0.2) is 18.1 Å². The van der Waals surface area contributed by atoms with E-state index in [1.165, 1.54) is 6.08 Å². The van der Waals surface area contributed by atoms with Gasteiger partial charge in [-0.2, -0.15) is 4.98 Å². The molecule has 0 aliphatic rings. The number of aryl methyl sites for hydroxylation is 1. The van der Waals surface area contributed by atoms with E-state index < -0.39 is 5.97 Å². The van der Waals surface area contributed by atoms with E-state index in [2.05, 4.69) is 10.1 Å². The van der Waals surface area contributed by atoms with E-state index in [0.29, 0.717) is 17.3 Å². The maximum atomic E-state index is 11.9. The first-order valence-corrected chi connectivity index (χ1v) is 8.55. The summed E-state index contributed by atoms with van der Waals surface area (Å²) in [6.45, 7) is 1.90. The van der Waals surface area contributed by atoms with Crippen molar-refractivity contribution in [1.29, 1.82) is 0 Å². The summed E-state index contributed by atoms with van der Waals surface area (Å²) in [6, 6.07) is 13.1. The third kappa shape index (κ3) is 4.76. The summed E-state index contributed by atoms with van der Waals surface area (Å²) >= 11 is 0. The van der Waals surface area contributed by atoms with Crippen molar-refractivity contribution >= 4 is 12.0 Å². The van der Waals surface area contributed by atoms with Gasteiger partial charge in [0.25, 0.3) is 5.89 Å². The topological polar surface area (TPSA) is 83.7 Å². The number of methoxy groups -OCH3 is 2. The summed E-state index contributed by atoms with van der Waals surface area (Å²) in [6.07, 6.45) is 2.94. The molecule has 0 atom stereocenters. The molecule has 0 saturated carbocycles. The summed E-state index contributed by atoms with van der Waals surface area (Å²) in [5, 5.41) is 3.90. The Morgan fingerprint density at radius 2 is 1.82 bits per heavy atom. The average molecular weight is 380 g/mol. The monoisotopic (exact) mass is 380 g/mol. The van der Waals surface area contributed by atoms with Gasteiger partial charge in [-0.15, -0.1) is 0 Å². The van der Waals surface area contributed by atoms with Gasteiger partial charge in [0.05, 0.1) is 14.2 Å². The molecule has 0 unspecified atom stereocenters. The zero-order valence-corrected chi connectivity index (χ0v) is 15.8. The van der Waals surface area contributed by atoms with Crippen LogP contribution in [-0.4, -0.2) is 30.3 Å². The molecule has 0 N–H and O–H groups in total. The quantitative estimate of drug-likeness (QED) is 0.455. The van der Waals surface area contributed by atoms with Gasteiger partial charge in [0, 0.05) is 11.6 Å². The Morgan fingerprint density at radius 3 is 2.54 bits per heavy atom. The lowest BCUT2D eigenvalue weighted by molar-refractivity contribution is -0.139. The van der Waals surface area contributed by atoms with E-state index in [0.717, 1.165) is 16.7 Å². The number of carbonyl (C=O) groups is 1. The second-order valence-electron chi connectivity index (χ2n) is 5.93. The predicted octanol–water partition coefficient (Wildman–Crippen LogP) is 3.82. The largest absolute Gasteiger partial charge is 0.493 e. The number of esters is 1. The molecule has 3 aromatic rings. The highest BCUT2D eigenvalue weighted by Crippen LogP contribution is 2.28. The van der Waals surface area contributed by atoms with Crippen LogP contribution >= 0.6 is 0 Å². The van der Waals surface area contributed by atoms with Gasteiger partial charge in [-0.3, -0.25) is 0 Å². The van der Waals surface area contributed by atoms with E-state index in [-0.39, 0.29) is 12.5 Å². The minimum absolute atomic E-state index is 0.103. The highest BCUT2D eigenvalue weighted by molar-refractivity contribution is 5.87. The highest BCUT2D eigenvalue weighted by atomic mass is 16.6. The molecular formula is C21H20N2O5. The van der Waals surface area contributed by atoms with Crippen molar-refractivity contribution in [3.63, 3.8) is 0 Å². The molecule has 0 fully saturated rings. The Balaban J connectivity index is 1.57. The molecule has 7 heteroatoms. The van der Waals surface area contributed by atoms with E-state index in [1.54, 1.807) is 38.5 Å². The molecule has 0 aliphatic carbocycles. The molecule has 3 rings (SSSR count). The third-order valence-electron chi connectivity index (χ3n) is 3.94. The van der Waals surface area contributed by atoms with Crippen molar-refractivity contribution in [3.05, 3.63) is 65.6 Å². The van der Waals surface area contributed by atoms with Crippen LogP contribution in [0.5, 0.6) is 11.5 Å². The summed E-state index contributed by atoms with van der Waals surface area (Å²) in [5.41, 5.74) is 2.75. The Bertz CT molecular complexity index is 977. The van der Waals surface area contributed by atoms with Crippen molar-refractivity contribution in [2.75, 3.05) is 14.2 Å². The second kappa shape index (κ2) is 8.85. The lowest BCUT2D eigenvalue weighted by Gasteiger charge is -2.07. The Kier molecular flexibility index (Phi) is 6.06. The molecular weight excluding hydrogens is 360 g/mol. The molecule has 0 amide bonds. The molecule has 7 nitrogen and oxygen atoms in total. The molecule has 0 aliphatic heterocycles. The van der Waals surface area contributed by atoms with Crippen LogP contribution in [0.15, 0.2) is 53.1 Å². The smallest absolute Gasteiger partial charge is 0.331 e. The van der Waals surface area contributed by atoms with Gasteiger partial charge in [0.2, 0.25) is 5.82 Å². The van der Waals surface area contributed by atoms with Crippen LogP contribution in [0.25, 0.3) is 17.5 Å². The Labute approximate surface area is 162 Å². The first-order chi connectivity index (χ1) is 13.6. The van der Waals surface area contributed by atoms with Crippen LogP contribution in [-0.2, 0) is 16.1 Å². The van der Waals surface area contributed by atoms with Gasteiger partial charge >= 0.3 is 5.97 Å². The molecule has 0 spiro atoms. The highest BCUT2D eigenvalue weighted by Gasteiger charge is 2.10.